The number of rotatable bonds is 9. The van der Waals surface area contributed by atoms with Crippen molar-refractivity contribution in [3.63, 3.8) is 0 Å². The van der Waals surface area contributed by atoms with Crippen molar-refractivity contribution in [1.82, 2.24) is 4.90 Å². The Hall–Kier alpha value is -3.78. The van der Waals surface area contributed by atoms with Gasteiger partial charge in [0.1, 0.15) is 0 Å². The van der Waals surface area contributed by atoms with Gasteiger partial charge in [0.25, 0.3) is 5.91 Å². The molecule has 4 aliphatic rings. The monoisotopic (exact) mass is 628 g/mol. The van der Waals surface area contributed by atoms with Gasteiger partial charge in [-0.15, -0.1) is 0 Å². The summed E-state index contributed by atoms with van der Waals surface area (Å²) in [4.78, 5) is 53.3. The van der Waals surface area contributed by atoms with Crippen molar-refractivity contribution in [2.75, 3.05) is 18.5 Å². The van der Waals surface area contributed by atoms with Crippen LogP contribution in [0.3, 0.4) is 0 Å². The summed E-state index contributed by atoms with van der Waals surface area (Å²) in [6.07, 6.45) is 2.00. The zero-order chi connectivity index (χ0) is 29.5. The molecule has 2 atom stereocenters. The second-order valence-corrected chi connectivity index (χ2v) is 12.4. The maximum Gasteiger partial charge on any atom is 0.306 e. The van der Waals surface area contributed by atoms with Crippen LogP contribution in [0.1, 0.15) is 70.9 Å². The molecular weight excluding hydrogens is 596 g/mol. The Morgan fingerprint density at radius 3 is 1.90 bits per heavy atom. The summed E-state index contributed by atoms with van der Waals surface area (Å²) in [6, 6.07) is 20.3. The number of hydrogen-bond acceptors (Lipinski definition) is 5. The smallest absolute Gasteiger partial charge is 0.306 e. The van der Waals surface area contributed by atoms with E-state index in [0.717, 1.165) is 15.6 Å². The fourth-order valence-corrected chi connectivity index (χ4v) is 7.45. The summed E-state index contributed by atoms with van der Waals surface area (Å²) in [7, 11) is 0. The van der Waals surface area contributed by atoms with Gasteiger partial charge in [-0.25, -0.2) is 0 Å². The van der Waals surface area contributed by atoms with Crippen LogP contribution in [-0.2, 0) is 23.9 Å². The number of aryl methyl sites for hydroxylation is 2. The molecule has 1 fully saturated rings. The lowest BCUT2D eigenvalue weighted by molar-refractivity contribution is -0.147. The van der Waals surface area contributed by atoms with Gasteiger partial charge in [0.15, 0.2) is 6.61 Å². The first-order chi connectivity index (χ1) is 20.3. The van der Waals surface area contributed by atoms with E-state index >= 15 is 0 Å². The maximum absolute atomic E-state index is 13.7. The van der Waals surface area contributed by atoms with Crippen LogP contribution in [0.25, 0.3) is 0 Å². The van der Waals surface area contributed by atoms with Crippen LogP contribution in [0, 0.1) is 25.7 Å². The molecule has 0 saturated carbocycles. The summed E-state index contributed by atoms with van der Waals surface area (Å²) < 4.78 is 6.12. The molecule has 3 amide bonds. The van der Waals surface area contributed by atoms with Crippen LogP contribution in [0.2, 0.25) is 0 Å². The summed E-state index contributed by atoms with van der Waals surface area (Å²) in [5.74, 6) is -1.91. The predicted octanol–water partition coefficient (Wildman–Crippen LogP) is 6.00. The van der Waals surface area contributed by atoms with Crippen LogP contribution < -0.4 is 5.32 Å². The highest BCUT2D eigenvalue weighted by Crippen LogP contribution is 2.60. The van der Waals surface area contributed by atoms with Crippen LogP contribution in [0.4, 0.5) is 5.69 Å². The van der Waals surface area contributed by atoms with Gasteiger partial charge in [0.2, 0.25) is 11.8 Å². The molecule has 8 heteroatoms. The third-order valence-corrected chi connectivity index (χ3v) is 9.80. The highest BCUT2D eigenvalue weighted by molar-refractivity contribution is 9.10. The van der Waals surface area contributed by atoms with Gasteiger partial charge in [-0.05, 0) is 72.2 Å². The zero-order valence-electron chi connectivity index (χ0n) is 23.7. The molecule has 0 aromatic heterocycles. The van der Waals surface area contributed by atoms with Gasteiger partial charge >= 0.3 is 5.97 Å². The fraction of sp³-hybridized carbons (Fsp3) is 0.353. The molecule has 2 bridgehead atoms. The molecule has 3 aromatic rings. The van der Waals surface area contributed by atoms with Crippen molar-refractivity contribution < 1.29 is 23.9 Å². The lowest BCUT2D eigenvalue weighted by Crippen LogP contribution is -2.41. The molecule has 1 N–H and O–H groups in total. The van der Waals surface area contributed by atoms with E-state index in [0.29, 0.717) is 31.5 Å². The predicted molar refractivity (Wildman–Crippen MR) is 162 cm³/mol. The molecule has 0 unspecified atom stereocenters. The molecule has 3 aliphatic carbocycles. The Morgan fingerprint density at radius 2 is 1.36 bits per heavy atom. The zero-order valence-corrected chi connectivity index (χ0v) is 25.3. The number of carbonyl (C=O) groups excluding carboxylic acids is 4. The first-order valence-corrected chi connectivity index (χ1v) is 15.3. The minimum atomic E-state index is -0.444. The van der Waals surface area contributed by atoms with E-state index in [9.17, 15) is 19.2 Å². The minimum absolute atomic E-state index is 0.0781. The van der Waals surface area contributed by atoms with Crippen molar-refractivity contribution in [3.8, 4) is 0 Å². The third kappa shape index (κ3) is 4.96. The van der Waals surface area contributed by atoms with Crippen molar-refractivity contribution in [2.24, 2.45) is 11.8 Å². The van der Waals surface area contributed by atoms with Gasteiger partial charge in [-0.1, -0.05) is 70.9 Å². The summed E-state index contributed by atoms with van der Waals surface area (Å²) in [5, 5.41) is 2.79. The molecule has 7 nitrogen and oxygen atoms in total. The highest BCUT2D eigenvalue weighted by atomic mass is 79.9. The second kappa shape index (κ2) is 11.5. The molecule has 0 spiro atoms. The van der Waals surface area contributed by atoms with Crippen molar-refractivity contribution in [1.29, 1.82) is 0 Å². The van der Waals surface area contributed by atoms with E-state index in [-0.39, 0.29) is 54.4 Å². The molecule has 0 radical (unpaired) electrons. The number of esters is 1. The first kappa shape index (κ1) is 28.3. The molecule has 216 valence electrons. The number of unbranched alkanes of at least 4 members (excludes halogenated alkanes) is 2. The highest BCUT2D eigenvalue weighted by Gasteiger charge is 2.61. The molecule has 42 heavy (non-hydrogen) atoms. The minimum Gasteiger partial charge on any atom is -0.456 e. The molecule has 7 rings (SSSR count). The van der Waals surface area contributed by atoms with Gasteiger partial charge in [-0.2, -0.15) is 0 Å². The average Bonchev–Trinajstić information content (AvgIpc) is 3.24. The number of halogens is 1. The van der Waals surface area contributed by atoms with Crippen LogP contribution >= 0.6 is 15.9 Å². The number of hydrogen-bond donors (Lipinski definition) is 1. The number of nitrogens with zero attached hydrogens (tertiary/aromatic N) is 1. The Morgan fingerprint density at radius 1 is 0.810 bits per heavy atom. The Bertz CT molecular complexity index is 1480. The third-order valence-electron chi connectivity index (χ3n) is 8.95. The lowest BCUT2D eigenvalue weighted by Gasteiger charge is -2.45. The Balaban J connectivity index is 0.992. The van der Waals surface area contributed by atoms with Gasteiger partial charge in [0, 0.05) is 35.0 Å². The largest absolute Gasteiger partial charge is 0.456 e. The van der Waals surface area contributed by atoms with Crippen molar-refractivity contribution >= 4 is 45.3 Å². The quantitative estimate of drug-likeness (QED) is 0.178. The van der Waals surface area contributed by atoms with E-state index in [1.807, 2.05) is 50.2 Å². The summed E-state index contributed by atoms with van der Waals surface area (Å²) in [6.45, 7) is 3.83. The first-order valence-electron chi connectivity index (χ1n) is 14.5. The molecule has 1 saturated heterocycles. The normalized spacial score (nSPS) is 21.5. The van der Waals surface area contributed by atoms with Crippen molar-refractivity contribution in [3.05, 3.63) is 98.5 Å². The molecule has 1 heterocycles. The maximum atomic E-state index is 13.7. The topological polar surface area (TPSA) is 92.8 Å². The number of likely N-dealkylation sites (tertiary alicyclic amines) is 1. The van der Waals surface area contributed by atoms with E-state index in [2.05, 4.69) is 45.5 Å². The number of nitrogens with one attached hydrogen (secondary N) is 1. The number of imide groups is 1. The Labute approximate surface area is 253 Å². The number of amides is 3. The number of carbonyl (C=O) groups is 4. The van der Waals surface area contributed by atoms with Gasteiger partial charge < -0.3 is 10.1 Å². The Kier molecular flexibility index (Phi) is 7.75. The van der Waals surface area contributed by atoms with E-state index in [4.69, 9.17) is 4.74 Å². The number of ether oxygens (including phenoxy) is 1. The molecule has 3 aromatic carbocycles. The number of anilines is 1. The van der Waals surface area contributed by atoms with E-state index in [1.165, 1.54) is 27.2 Å². The van der Waals surface area contributed by atoms with Gasteiger partial charge in [0.05, 0.1) is 11.8 Å². The average molecular weight is 630 g/mol. The number of benzene rings is 3. The summed E-state index contributed by atoms with van der Waals surface area (Å²) >= 11 is 3.47. The SMILES string of the molecule is Cc1cc(NC(=O)COC(=O)CCCCCN2C(=O)[C@@H]3C4c5ccccc5C(c5ccccc54)[C@@H]3C2=O)c(C)cc1Br. The summed E-state index contributed by atoms with van der Waals surface area (Å²) in [5.41, 5.74) is 7.25. The lowest BCUT2D eigenvalue weighted by atomic mass is 9.55. The fourth-order valence-electron chi connectivity index (χ4n) is 7.00. The molecule has 1 aliphatic heterocycles. The van der Waals surface area contributed by atoms with E-state index < -0.39 is 5.97 Å². The van der Waals surface area contributed by atoms with Crippen LogP contribution in [0.5, 0.6) is 0 Å². The second-order valence-electron chi connectivity index (χ2n) is 11.5. The van der Waals surface area contributed by atoms with E-state index in [1.54, 1.807) is 0 Å². The van der Waals surface area contributed by atoms with Crippen LogP contribution in [0.15, 0.2) is 65.1 Å². The van der Waals surface area contributed by atoms with Crippen LogP contribution in [-0.4, -0.2) is 41.7 Å². The standard InChI is InChI=1S/C34H33BrN2O5/c1-19-17-26(20(2)16-25(19)35)36-27(38)18-42-28(39)14-4-3-9-15-37-33(40)31-29-21-10-5-6-11-22(21)30(32(31)34(37)41)24-13-8-7-12-23(24)29/h5-8,10-13,16-17,29-32H,3-4,9,14-15,18H2,1-2H3,(H,36,38)/t29?,30?,31-,32+. The van der Waals surface area contributed by atoms with Gasteiger partial charge in [-0.3, -0.25) is 24.1 Å². The molecular formula is C34H33BrN2O5. The van der Waals surface area contributed by atoms with Crippen molar-refractivity contribution in [2.45, 2.75) is 51.4 Å².